The Balaban J connectivity index is 1.64. The Hall–Kier alpha value is -2.33. The first-order valence-electron chi connectivity index (χ1n) is 6.95. The van der Waals surface area contributed by atoms with Crippen molar-refractivity contribution in [1.29, 1.82) is 0 Å². The molecule has 0 saturated heterocycles. The molecule has 0 spiro atoms. The molecular weight excluding hydrogens is 300 g/mol. The third-order valence-electron chi connectivity index (χ3n) is 3.62. The molecule has 2 aromatic carbocycles. The van der Waals surface area contributed by atoms with Gasteiger partial charge in [-0.1, -0.05) is 35.9 Å². The van der Waals surface area contributed by atoms with Crippen LogP contribution in [0.15, 0.2) is 42.5 Å². The van der Waals surface area contributed by atoms with Crippen LogP contribution >= 0.6 is 11.6 Å². The molecule has 2 aromatic rings. The van der Waals surface area contributed by atoms with Gasteiger partial charge in [0, 0.05) is 23.6 Å². The van der Waals surface area contributed by atoms with Gasteiger partial charge in [-0.2, -0.15) is 0 Å². The van der Waals surface area contributed by atoms with Crippen LogP contribution in [0.2, 0.25) is 5.02 Å². The third-order valence-corrected chi connectivity index (χ3v) is 3.88. The van der Waals surface area contributed by atoms with Gasteiger partial charge < -0.3 is 10.6 Å². The lowest BCUT2D eigenvalue weighted by Crippen LogP contribution is -2.50. The maximum absolute atomic E-state index is 12.2. The summed E-state index contributed by atoms with van der Waals surface area (Å²) in [6.45, 7) is 0.401. The van der Waals surface area contributed by atoms with E-state index in [0.29, 0.717) is 23.6 Å². The lowest BCUT2D eigenvalue weighted by molar-refractivity contribution is -0.123. The maximum Gasteiger partial charge on any atom is 0.252 e. The predicted molar refractivity (Wildman–Crippen MR) is 83.5 cm³/mol. The Morgan fingerprint density at radius 3 is 2.86 bits per heavy atom. The van der Waals surface area contributed by atoms with Gasteiger partial charge in [-0.05, 0) is 35.4 Å². The molecule has 0 aliphatic carbocycles. The first-order valence-corrected chi connectivity index (χ1v) is 7.33. The van der Waals surface area contributed by atoms with Crippen LogP contribution in [0, 0.1) is 6.07 Å². The minimum absolute atomic E-state index is 0.193. The maximum atomic E-state index is 12.2. The normalized spacial score (nSPS) is 16.6. The molecule has 2 amide bonds. The standard InChI is InChI=1S/C17H14ClN2O2/c18-13-7-5-11(6-8-13)10-19-17(22)15-9-12-3-1-2-4-14(12)16(21)20-15/h1,3-8,15H,9-10H2,(H,19,22)(H,20,21). The summed E-state index contributed by atoms with van der Waals surface area (Å²) in [4.78, 5) is 24.2. The van der Waals surface area contributed by atoms with Gasteiger partial charge in [-0.25, -0.2) is 0 Å². The molecule has 1 radical (unpaired) electrons. The number of amides is 2. The van der Waals surface area contributed by atoms with Gasteiger partial charge in [0.25, 0.3) is 5.91 Å². The van der Waals surface area contributed by atoms with E-state index in [4.69, 9.17) is 11.6 Å². The highest BCUT2D eigenvalue weighted by molar-refractivity contribution is 6.30. The summed E-state index contributed by atoms with van der Waals surface area (Å²) in [5.41, 5.74) is 2.41. The number of nitrogens with one attached hydrogen (secondary N) is 2. The first kappa shape index (κ1) is 14.6. The van der Waals surface area contributed by atoms with Crippen molar-refractivity contribution < 1.29 is 9.59 Å². The van der Waals surface area contributed by atoms with Gasteiger partial charge in [0.15, 0.2) is 0 Å². The fourth-order valence-corrected chi connectivity index (χ4v) is 2.56. The fraction of sp³-hybridized carbons (Fsp3) is 0.176. The SMILES string of the molecule is O=C1NC(C(=O)NCc2ccc(Cl)cc2)Cc2cc[c]cc21. The number of halogens is 1. The van der Waals surface area contributed by atoms with E-state index in [9.17, 15) is 9.59 Å². The van der Waals surface area contributed by atoms with Gasteiger partial charge in [-0.15, -0.1) is 0 Å². The monoisotopic (exact) mass is 313 g/mol. The van der Waals surface area contributed by atoms with Crippen LogP contribution in [-0.4, -0.2) is 17.9 Å². The minimum atomic E-state index is -0.547. The van der Waals surface area contributed by atoms with Crippen molar-refractivity contribution in [2.24, 2.45) is 0 Å². The Bertz CT molecular complexity index is 713. The molecule has 0 fully saturated rings. The summed E-state index contributed by atoms with van der Waals surface area (Å²) in [5.74, 6) is -0.425. The van der Waals surface area contributed by atoms with Crippen molar-refractivity contribution in [3.63, 3.8) is 0 Å². The van der Waals surface area contributed by atoms with Crippen LogP contribution in [0.5, 0.6) is 0 Å². The number of benzene rings is 2. The molecule has 0 bridgehead atoms. The van der Waals surface area contributed by atoms with Crippen LogP contribution in [0.3, 0.4) is 0 Å². The molecule has 3 rings (SSSR count). The van der Waals surface area contributed by atoms with E-state index >= 15 is 0 Å². The van der Waals surface area contributed by atoms with E-state index in [1.165, 1.54) is 0 Å². The number of carbonyl (C=O) groups excluding carboxylic acids is 2. The second-order valence-corrected chi connectivity index (χ2v) is 5.59. The second-order valence-electron chi connectivity index (χ2n) is 5.16. The summed E-state index contributed by atoms with van der Waals surface area (Å²) in [6, 6.07) is 14.8. The lowest BCUT2D eigenvalue weighted by Gasteiger charge is -2.24. The van der Waals surface area contributed by atoms with E-state index in [-0.39, 0.29) is 11.8 Å². The molecule has 5 heteroatoms. The molecule has 0 aromatic heterocycles. The zero-order chi connectivity index (χ0) is 15.5. The number of fused-ring (bicyclic) bond motifs is 1. The number of carbonyl (C=O) groups is 2. The molecule has 0 saturated carbocycles. The Kier molecular flexibility index (Phi) is 4.11. The van der Waals surface area contributed by atoms with Crippen molar-refractivity contribution in [2.75, 3.05) is 0 Å². The molecule has 4 nitrogen and oxygen atoms in total. The molecule has 1 atom stereocenters. The summed E-state index contributed by atoms with van der Waals surface area (Å²) >= 11 is 5.82. The average Bonchev–Trinajstić information content (AvgIpc) is 2.54. The molecule has 2 N–H and O–H groups in total. The Morgan fingerprint density at radius 1 is 1.32 bits per heavy atom. The highest BCUT2D eigenvalue weighted by Crippen LogP contribution is 2.16. The highest BCUT2D eigenvalue weighted by Gasteiger charge is 2.28. The molecule has 1 unspecified atom stereocenters. The highest BCUT2D eigenvalue weighted by atomic mass is 35.5. The van der Waals surface area contributed by atoms with Crippen LogP contribution in [0.4, 0.5) is 0 Å². The van der Waals surface area contributed by atoms with Crippen molar-refractivity contribution >= 4 is 23.4 Å². The van der Waals surface area contributed by atoms with E-state index in [0.717, 1.165) is 11.1 Å². The lowest BCUT2D eigenvalue weighted by atomic mass is 9.95. The largest absolute Gasteiger partial charge is 0.350 e. The van der Waals surface area contributed by atoms with Gasteiger partial charge >= 0.3 is 0 Å². The predicted octanol–water partition coefficient (Wildman–Crippen LogP) is 2.11. The van der Waals surface area contributed by atoms with Crippen LogP contribution in [0.1, 0.15) is 21.5 Å². The first-order chi connectivity index (χ1) is 10.6. The third kappa shape index (κ3) is 3.12. The Morgan fingerprint density at radius 2 is 2.09 bits per heavy atom. The van der Waals surface area contributed by atoms with Crippen LogP contribution in [-0.2, 0) is 17.8 Å². The quantitative estimate of drug-likeness (QED) is 0.912. The average molecular weight is 314 g/mol. The molecule has 1 aliphatic heterocycles. The van der Waals surface area contributed by atoms with Crippen molar-refractivity contribution in [1.82, 2.24) is 10.6 Å². The minimum Gasteiger partial charge on any atom is -0.350 e. The van der Waals surface area contributed by atoms with Gasteiger partial charge in [-0.3, -0.25) is 9.59 Å². The zero-order valence-corrected chi connectivity index (χ0v) is 12.5. The molecule has 111 valence electrons. The van der Waals surface area contributed by atoms with Crippen LogP contribution < -0.4 is 10.6 Å². The summed E-state index contributed by atoms with van der Waals surface area (Å²) in [7, 11) is 0. The van der Waals surface area contributed by atoms with Gasteiger partial charge in [0.2, 0.25) is 5.91 Å². The van der Waals surface area contributed by atoms with Gasteiger partial charge in [0.1, 0.15) is 6.04 Å². The summed E-state index contributed by atoms with van der Waals surface area (Å²) < 4.78 is 0. The second kappa shape index (κ2) is 6.20. The molecule has 1 aliphatic rings. The van der Waals surface area contributed by atoms with E-state index in [1.54, 1.807) is 24.3 Å². The summed E-state index contributed by atoms with van der Waals surface area (Å²) in [5, 5.41) is 6.22. The molecular formula is C17H14ClN2O2. The molecule has 1 heterocycles. The number of hydrogen-bond acceptors (Lipinski definition) is 2. The van der Waals surface area contributed by atoms with E-state index in [2.05, 4.69) is 16.7 Å². The fourth-order valence-electron chi connectivity index (χ4n) is 2.43. The Labute approximate surface area is 133 Å². The van der Waals surface area contributed by atoms with Crippen molar-refractivity contribution in [3.8, 4) is 0 Å². The number of rotatable bonds is 3. The van der Waals surface area contributed by atoms with E-state index in [1.807, 2.05) is 18.2 Å². The van der Waals surface area contributed by atoms with Crippen LogP contribution in [0.25, 0.3) is 0 Å². The molecule has 22 heavy (non-hydrogen) atoms. The van der Waals surface area contributed by atoms with E-state index < -0.39 is 6.04 Å². The smallest absolute Gasteiger partial charge is 0.252 e. The topological polar surface area (TPSA) is 58.2 Å². The van der Waals surface area contributed by atoms with Crippen molar-refractivity contribution in [2.45, 2.75) is 19.0 Å². The summed E-state index contributed by atoms with van der Waals surface area (Å²) in [6.07, 6.45) is 0.488. The zero-order valence-electron chi connectivity index (χ0n) is 11.7. The number of hydrogen-bond donors (Lipinski definition) is 2. The van der Waals surface area contributed by atoms with Gasteiger partial charge in [0.05, 0.1) is 0 Å². The van der Waals surface area contributed by atoms with Crippen molar-refractivity contribution in [3.05, 3.63) is 70.2 Å².